The van der Waals surface area contributed by atoms with Gasteiger partial charge in [0.2, 0.25) is 0 Å². The van der Waals surface area contributed by atoms with Gasteiger partial charge in [-0.25, -0.2) is 0 Å². The number of hydrogen-bond donors (Lipinski definition) is 1. The molecule has 0 amide bonds. The molecule has 1 aliphatic heterocycles. The highest BCUT2D eigenvalue weighted by atomic mass is 15.2. The van der Waals surface area contributed by atoms with Crippen LogP contribution in [0.1, 0.15) is 45.4 Å². The molecule has 2 nitrogen and oxygen atoms in total. The second kappa shape index (κ2) is 5.04. The highest BCUT2D eigenvalue weighted by Gasteiger charge is 2.51. The zero-order chi connectivity index (χ0) is 12.8. The van der Waals surface area contributed by atoms with E-state index in [1.807, 2.05) is 0 Å². The van der Waals surface area contributed by atoms with E-state index < -0.39 is 0 Å². The first-order chi connectivity index (χ1) is 9.35. The fourth-order valence-corrected chi connectivity index (χ4v) is 6.32. The summed E-state index contributed by atoms with van der Waals surface area (Å²) in [6.07, 6.45) is 9.23. The van der Waals surface area contributed by atoms with E-state index in [2.05, 4.69) is 17.1 Å². The molecule has 0 aromatic rings. The minimum Gasteiger partial charge on any atom is -0.315 e. The normalized spacial score (nSPS) is 50.4. The molecule has 2 heteroatoms. The van der Waals surface area contributed by atoms with E-state index >= 15 is 0 Å². The van der Waals surface area contributed by atoms with Gasteiger partial charge in [-0.3, -0.25) is 4.90 Å². The van der Waals surface area contributed by atoms with Crippen LogP contribution in [0.3, 0.4) is 0 Å². The SMILES string of the molecule is CCN1CCCNCC1C1C2CC3CC(C2)CC1C3. The van der Waals surface area contributed by atoms with Gasteiger partial charge < -0.3 is 5.32 Å². The molecule has 4 saturated carbocycles. The van der Waals surface area contributed by atoms with E-state index in [1.54, 1.807) is 32.1 Å². The van der Waals surface area contributed by atoms with E-state index in [1.165, 1.54) is 32.6 Å². The van der Waals surface area contributed by atoms with Crippen molar-refractivity contribution < 1.29 is 0 Å². The minimum atomic E-state index is 0.850. The van der Waals surface area contributed by atoms with E-state index in [9.17, 15) is 0 Å². The van der Waals surface area contributed by atoms with Gasteiger partial charge in [0.05, 0.1) is 0 Å². The smallest absolute Gasteiger partial charge is 0.0254 e. The first-order valence-electron chi connectivity index (χ1n) is 8.80. The van der Waals surface area contributed by atoms with Crippen molar-refractivity contribution >= 4 is 0 Å². The lowest BCUT2D eigenvalue weighted by molar-refractivity contribution is -0.0712. The first-order valence-corrected chi connectivity index (χ1v) is 8.80. The number of likely N-dealkylation sites (N-methyl/N-ethyl adjacent to an activating group) is 1. The molecule has 4 aliphatic carbocycles. The van der Waals surface area contributed by atoms with Gasteiger partial charge in [-0.15, -0.1) is 0 Å². The molecule has 1 unspecified atom stereocenters. The van der Waals surface area contributed by atoms with Crippen molar-refractivity contribution in [2.45, 2.75) is 51.5 Å². The van der Waals surface area contributed by atoms with Gasteiger partial charge in [-0.05, 0) is 87.7 Å². The van der Waals surface area contributed by atoms with Gasteiger partial charge in [0, 0.05) is 12.6 Å². The molecule has 1 heterocycles. The molecule has 1 N–H and O–H groups in total. The predicted octanol–water partition coefficient (Wildman–Crippen LogP) is 2.74. The van der Waals surface area contributed by atoms with Crippen LogP contribution < -0.4 is 5.32 Å². The summed E-state index contributed by atoms with van der Waals surface area (Å²) in [6, 6.07) is 0.850. The summed E-state index contributed by atoms with van der Waals surface area (Å²) >= 11 is 0. The van der Waals surface area contributed by atoms with Crippen molar-refractivity contribution in [3.05, 3.63) is 0 Å². The summed E-state index contributed by atoms with van der Waals surface area (Å²) in [6.45, 7) is 7.46. The molecule has 108 valence electrons. The molecule has 5 aliphatic rings. The Labute approximate surface area is 118 Å². The summed E-state index contributed by atoms with van der Waals surface area (Å²) in [5.41, 5.74) is 0. The van der Waals surface area contributed by atoms with Crippen molar-refractivity contribution in [1.29, 1.82) is 0 Å². The Hall–Kier alpha value is -0.0800. The van der Waals surface area contributed by atoms with Crippen molar-refractivity contribution in [1.82, 2.24) is 10.2 Å². The van der Waals surface area contributed by atoms with Crippen LogP contribution in [-0.2, 0) is 0 Å². The Morgan fingerprint density at radius 3 is 2.32 bits per heavy atom. The number of rotatable bonds is 2. The molecular weight excluding hydrogens is 232 g/mol. The molecule has 19 heavy (non-hydrogen) atoms. The lowest BCUT2D eigenvalue weighted by Crippen LogP contribution is -2.56. The fourth-order valence-electron chi connectivity index (χ4n) is 6.32. The van der Waals surface area contributed by atoms with Crippen LogP contribution in [0.15, 0.2) is 0 Å². The summed E-state index contributed by atoms with van der Waals surface area (Å²) in [4.78, 5) is 2.81. The molecule has 5 fully saturated rings. The third kappa shape index (κ3) is 2.15. The van der Waals surface area contributed by atoms with Crippen LogP contribution in [0, 0.1) is 29.6 Å². The van der Waals surface area contributed by atoms with Crippen LogP contribution in [-0.4, -0.2) is 37.1 Å². The maximum atomic E-state index is 3.73. The predicted molar refractivity (Wildman–Crippen MR) is 79.1 cm³/mol. The lowest BCUT2D eigenvalue weighted by atomic mass is 9.50. The van der Waals surface area contributed by atoms with E-state index in [-0.39, 0.29) is 0 Å². The lowest BCUT2D eigenvalue weighted by Gasteiger charge is -2.57. The largest absolute Gasteiger partial charge is 0.315 e. The van der Waals surface area contributed by atoms with E-state index in [0.717, 1.165) is 35.6 Å². The number of hydrogen-bond acceptors (Lipinski definition) is 2. The van der Waals surface area contributed by atoms with Crippen LogP contribution in [0.4, 0.5) is 0 Å². The van der Waals surface area contributed by atoms with Gasteiger partial charge in [0.25, 0.3) is 0 Å². The zero-order valence-corrected chi connectivity index (χ0v) is 12.5. The molecule has 0 aromatic heterocycles. The second-order valence-electron chi connectivity index (χ2n) is 7.76. The molecule has 0 radical (unpaired) electrons. The average molecular weight is 262 g/mol. The van der Waals surface area contributed by atoms with Crippen LogP contribution in [0.2, 0.25) is 0 Å². The topological polar surface area (TPSA) is 15.3 Å². The summed E-state index contributed by atoms with van der Waals surface area (Å²) < 4.78 is 0. The molecule has 1 saturated heterocycles. The third-order valence-corrected chi connectivity index (χ3v) is 6.77. The van der Waals surface area contributed by atoms with Crippen molar-refractivity contribution in [2.24, 2.45) is 29.6 Å². The Bertz CT molecular complexity index is 299. The van der Waals surface area contributed by atoms with Gasteiger partial charge in [-0.1, -0.05) is 6.92 Å². The van der Waals surface area contributed by atoms with Gasteiger partial charge >= 0.3 is 0 Å². The molecule has 0 aromatic carbocycles. The number of nitrogens with zero attached hydrogens (tertiary/aromatic N) is 1. The van der Waals surface area contributed by atoms with Crippen molar-refractivity contribution in [2.75, 3.05) is 26.2 Å². The molecule has 1 atom stereocenters. The van der Waals surface area contributed by atoms with E-state index in [4.69, 9.17) is 0 Å². The Kier molecular flexibility index (Phi) is 3.35. The number of nitrogens with one attached hydrogen (secondary N) is 1. The zero-order valence-electron chi connectivity index (χ0n) is 12.5. The third-order valence-electron chi connectivity index (χ3n) is 6.77. The Morgan fingerprint density at radius 1 is 1.00 bits per heavy atom. The van der Waals surface area contributed by atoms with Gasteiger partial charge in [0.1, 0.15) is 0 Å². The first kappa shape index (κ1) is 12.6. The maximum Gasteiger partial charge on any atom is 0.0254 e. The van der Waals surface area contributed by atoms with Gasteiger partial charge in [-0.2, -0.15) is 0 Å². The highest BCUT2D eigenvalue weighted by Crippen LogP contribution is 2.57. The Balaban J connectivity index is 1.56. The summed E-state index contributed by atoms with van der Waals surface area (Å²) in [5, 5.41) is 3.73. The van der Waals surface area contributed by atoms with Crippen LogP contribution >= 0.6 is 0 Å². The van der Waals surface area contributed by atoms with Crippen LogP contribution in [0.25, 0.3) is 0 Å². The highest BCUT2D eigenvalue weighted by molar-refractivity contribution is 5.02. The maximum absolute atomic E-state index is 3.73. The van der Waals surface area contributed by atoms with E-state index in [0.29, 0.717) is 0 Å². The fraction of sp³-hybridized carbons (Fsp3) is 1.00. The van der Waals surface area contributed by atoms with Crippen LogP contribution in [0.5, 0.6) is 0 Å². The molecule has 0 spiro atoms. The summed E-state index contributed by atoms with van der Waals surface area (Å²) in [5.74, 6) is 5.42. The summed E-state index contributed by atoms with van der Waals surface area (Å²) in [7, 11) is 0. The molecule has 5 rings (SSSR count). The van der Waals surface area contributed by atoms with Gasteiger partial charge in [0.15, 0.2) is 0 Å². The average Bonchev–Trinajstić information content (AvgIpc) is 2.63. The monoisotopic (exact) mass is 262 g/mol. The van der Waals surface area contributed by atoms with Crippen molar-refractivity contribution in [3.63, 3.8) is 0 Å². The quantitative estimate of drug-likeness (QED) is 0.823. The minimum absolute atomic E-state index is 0.850. The van der Waals surface area contributed by atoms with Crippen molar-refractivity contribution in [3.8, 4) is 0 Å². The second-order valence-corrected chi connectivity index (χ2v) is 7.76. The standard InChI is InChI=1S/C17H30N2/c1-2-19-5-3-4-18-11-16(19)17-14-7-12-6-13(9-14)10-15(17)8-12/h12-18H,2-11H2,1H3. The molecule has 4 bridgehead atoms. The Morgan fingerprint density at radius 2 is 1.68 bits per heavy atom. The molecular formula is C17H30N2.